The van der Waals surface area contributed by atoms with Gasteiger partial charge < -0.3 is 11.1 Å². The van der Waals surface area contributed by atoms with Crippen LogP contribution < -0.4 is 11.1 Å². The lowest BCUT2D eigenvalue weighted by Crippen LogP contribution is -2.06. The number of anilines is 2. The standard InChI is InChI=1S/C13H14ClN3.ClH/c14-11-3-1-10(2-4-11)5-8-17-13-6-7-16-9-12(13)15;/h1-4,6-7,9H,5,8,15H2,(H,16,17);1H. The van der Waals surface area contributed by atoms with Crippen molar-refractivity contribution in [2.75, 3.05) is 17.6 Å². The van der Waals surface area contributed by atoms with Gasteiger partial charge >= 0.3 is 0 Å². The zero-order valence-electron chi connectivity index (χ0n) is 9.77. The number of halogens is 2. The quantitative estimate of drug-likeness (QED) is 0.904. The van der Waals surface area contributed by atoms with Crippen molar-refractivity contribution < 1.29 is 0 Å². The fourth-order valence-electron chi connectivity index (χ4n) is 1.56. The number of nitrogens with zero attached hydrogens (tertiary/aromatic N) is 1. The average Bonchev–Trinajstić information content (AvgIpc) is 2.34. The van der Waals surface area contributed by atoms with Gasteiger partial charge in [0.15, 0.2) is 0 Å². The van der Waals surface area contributed by atoms with E-state index in [2.05, 4.69) is 10.3 Å². The van der Waals surface area contributed by atoms with Crippen LogP contribution in [0.3, 0.4) is 0 Å². The number of hydrogen-bond donors (Lipinski definition) is 2. The van der Waals surface area contributed by atoms with Crippen molar-refractivity contribution in [2.24, 2.45) is 0 Å². The van der Waals surface area contributed by atoms with Gasteiger partial charge in [-0.3, -0.25) is 4.98 Å². The minimum atomic E-state index is 0. The predicted octanol–water partition coefficient (Wildman–Crippen LogP) is 3.39. The van der Waals surface area contributed by atoms with Gasteiger partial charge in [-0.25, -0.2) is 0 Å². The highest BCUT2D eigenvalue weighted by Crippen LogP contribution is 2.15. The SMILES string of the molecule is Cl.Nc1cnccc1NCCc1ccc(Cl)cc1. The molecule has 0 aliphatic heterocycles. The number of benzene rings is 1. The van der Waals surface area contributed by atoms with Crippen LogP contribution in [0.5, 0.6) is 0 Å². The molecule has 0 aliphatic carbocycles. The Bertz CT molecular complexity index is 486. The van der Waals surface area contributed by atoms with Gasteiger partial charge in [0, 0.05) is 17.8 Å². The molecular weight excluding hydrogens is 269 g/mol. The first-order chi connectivity index (χ1) is 8.25. The Balaban J connectivity index is 0.00000162. The lowest BCUT2D eigenvalue weighted by molar-refractivity contribution is 1.02. The summed E-state index contributed by atoms with van der Waals surface area (Å²) in [5.74, 6) is 0. The minimum absolute atomic E-state index is 0. The van der Waals surface area contributed by atoms with Crippen LogP contribution in [-0.2, 0) is 6.42 Å². The first kappa shape index (κ1) is 14.6. The third kappa shape index (κ3) is 4.09. The fraction of sp³-hybridized carbons (Fsp3) is 0.154. The zero-order valence-corrected chi connectivity index (χ0v) is 11.3. The second-order valence-corrected chi connectivity index (χ2v) is 4.20. The molecule has 0 spiro atoms. The van der Waals surface area contributed by atoms with Crippen LogP contribution in [0, 0.1) is 0 Å². The van der Waals surface area contributed by atoms with Gasteiger partial charge in [-0.05, 0) is 30.2 Å². The molecule has 96 valence electrons. The first-order valence-electron chi connectivity index (χ1n) is 5.43. The first-order valence-corrected chi connectivity index (χ1v) is 5.81. The Labute approximate surface area is 118 Å². The van der Waals surface area contributed by atoms with Crippen molar-refractivity contribution in [3.63, 3.8) is 0 Å². The summed E-state index contributed by atoms with van der Waals surface area (Å²) in [5.41, 5.74) is 8.62. The summed E-state index contributed by atoms with van der Waals surface area (Å²) in [6, 6.07) is 9.73. The third-order valence-electron chi connectivity index (χ3n) is 2.49. The average molecular weight is 284 g/mol. The number of hydrogen-bond acceptors (Lipinski definition) is 3. The highest BCUT2D eigenvalue weighted by Gasteiger charge is 1.97. The van der Waals surface area contributed by atoms with E-state index in [1.807, 2.05) is 30.3 Å². The highest BCUT2D eigenvalue weighted by molar-refractivity contribution is 6.30. The molecule has 1 aromatic heterocycles. The van der Waals surface area contributed by atoms with Gasteiger partial charge in [-0.15, -0.1) is 12.4 Å². The second kappa shape index (κ2) is 7.09. The molecule has 0 radical (unpaired) electrons. The topological polar surface area (TPSA) is 50.9 Å². The number of aromatic nitrogens is 1. The molecule has 18 heavy (non-hydrogen) atoms. The van der Waals surface area contributed by atoms with Crippen molar-refractivity contribution in [3.8, 4) is 0 Å². The Morgan fingerprint density at radius 1 is 1.17 bits per heavy atom. The third-order valence-corrected chi connectivity index (χ3v) is 2.75. The van der Waals surface area contributed by atoms with E-state index in [9.17, 15) is 0 Å². The van der Waals surface area contributed by atoms with Crippen LogP contribution in [0.1, 0.15) is 5.56 Å². The second-order valence-electron chi connectivity index (χ2n) is 3.77. The highest BCUT2D eigenvalue weighted by atomic mass is 35.5. The van der Waals surface area contributed by atoms with E-state index < -0.39 is 0 Å². The van der Waals surface area contributed by atoms with Gasteiger partial charge in [0.05, 0.1) is 17.6 Å². The van der Waals surface area contributed by atoms with E-state index in [0.29, 0.717) is 5.69 Å². The summed E-state index contributed by atoms with van der Waals surface area (Å²) in [6.07, 6.45) is 4.30. The van der Waals surface area contributed by atoms with Crippen LogP contribution in [0.2, 0.25) is 5.02 Å². The fourth-order valence-corrected chi connectivity index (χ4v) is 1.69. The van der Waals surface area contributed by atoms with E-state index in [4.69, 9.17) is 17.3 Å². The molecule has 1 heterocycles. The number of nitrogen functional groups attached to an aromatic ring is 1. The Hall–Kier alpha value is -1.45. The molecule has 0 atom stereocenters. The van der Waals surface area contributed by atoms with E-state index in [0.717, 1.165) is 23.7 Å². The van der Waals surface area contributed by atoms with Crippen LogP contribution in [0.25, 0.3) is 0 Å². The largest absolute Gasteiger partial charge is 0.396 e. The number of nitrogens with one attached hydrogen (secondary N) is 1. The number of pyridine rings is 1. The summed E-state index contributed by atoms with van der Waals surface area (Å²) in [6.45, 7) is 0.829. The Morgan fingerprint density at radius 3 is 2.56 bits per heavy atom. The summed E-state index contributed by atoms with van der Waals surface area (Å²) in [5, 5.41) is 4.04. The minimum Gasteiger partial charge on any atom is -0.396 e. The molecule has 0 bridgehead atoms. The van der Waals surface area contributed by atoms with Crippen molar-refractivity contribution in [2.45, 2.75) is 6.42 Å². The van der Waals surface area contributed by atoms with Crippen LogP contribution in [0.4, 0.5) is 11.4 Å². The van der Waals surface area contributed by atoms with E-state index in [1.165, 1.54) is 5.56 Å². The maximum absolute atomic E-state index is 5.82. The summed E-state index contributed by atoms with van der Waals surface area (Å²) in [7, 11) is 0. The molecule has 0 aliphatic rings. The molecule has 1 aromatic carbocycles. The number of nitrogens with two attached hydrogens (primary N) is 1. The van der Waals surface area contributed by atoms with Gasteiger partial charge in [-0.2, -0.15) is 0 Å². The maximum Gasteiger partial charge on any atom is 0.0736 e. The van der Waals surface area contributed by atoms with Crippen LogP contribution in [-0.4, -0.2) is 11.5 Å². The van der Waals surface area contributed by atoms with Gasteiger partial charge in [0.25, 0.3) is 0 Å². The van der Waals surface area contributed by atoms with Crippen LogP contribution >= 0.6 is 24.0 Å². The lowest BCUT2D eigenvalue weighted by atomic mass is 10.1. The normalized spacial score (nSPS) is 9.61. The smallest absolute Gasteiger partial charge is 0.0736 e. The lowest BCUT2D eigenvalue weighted by Gasteiger charge is -2.08. The van der Waals surface area contributed by atoms with Crippen molar-refractivity contribution >= 4 is 35.4 Å². The monoisotopic (exact) mass is 283 g/mol. The maximum atomic E-state index is 5.82. The molecule has 0 saturated heterocycles. The van der Waals surface area contributed by atoms with Crippen molar-refractivity contribution in [3.05, 3.63) is 53.3 Å². The molecular formula is C13H15Cl2N3. The van der Waals surface area contributed by atoms with Gasteiger partial charge in [0.1, 0.15) is 0 Å². The predicted molar refractivity (Wildman–Crippen MR) is 79.5 cm³/mol. The van der Waals surface area contributed by atoms with Crippen molar-refractivity contribution in [1.82, 2.24) is 4.98 Å². The molecule has 3 nitrogen and oxygen atoms in total. The molecule has 0 unspecified atom stereocenters. The van der Waals surface area contributed by atoms with E-state index in [1.54, 1.807) is 12.4 Å². The molecule has 2 rings (SSSR count). The Kier molecular flexibility index (Phi) is 5.75. The summed E-state index contributed by atoms with van der Waals surface area (Å²) >= 11 is 5.82. The van der Waals surface area contributed by atoms with E-state index >= 15 is 0 Å². The Morgan fingerprint density at radius 2 is 1.89 bits per heavy atom. The summed E-state index contributed by atoms with van der Waals surface area (Å²) in [4.78, 5) is 3.94. The summed E-state index contributed by atoms with van der Waals surface area (Å²) < 4.78 is 0. The molecule has 0 fully saturated rings. The van der Waals surface area contributed by atoms with Gasteiger partial charge in [0.2, 0.25) is 0 Å². The molecule has 2 aromatic rings. The zero-order chi connectivity index (χ0) is 12.1. The molecule has 0 amide bonds. The van der Waals surface area contributed by atoms with Crippen molar-refractivity contribution in [1.29, 1.82) is 0 Å². The molecule has 0 saturated carbocycles. The molecule has 3 N–H and O–H groups in total. The van der Waals surface area contributed by atoms with Crippen LogP contribution in [0.15, 0.2) is 42.7 Å². The van der Waals surface area contributed by atoms with E-state index in [-0.39, 0.29) is 12.4 Å². The number of rotatable bonds is 4. The molecule has 5 heteroatoms. The van der Waals surface area contributed by atoms with Gasteiger partial charge in [-0.1, -0.05) is 23.7 Å².